The standard InChI is InChI=1S/C19H23ClFN7O2/c1-10-15-18(26-28(10)12-3-5-13(29-2)6-4-12)30-9-11(21)8-27-17-14(16(20)25-27)7-22-19(23-15)24-17/h7,11-13H,3-6,8-9H2,1-2H3,(H,22,23,24)/t11-,12?,13?/m1/s1. The molecule has 9 nitrogen and oxygen atoms in total. The zero-order chi connectivity index (χ0) is 20.8. The van der Waals surface area contributed by atoms with Crippen LogP contribution in [0.2, 0.25) is 5.15 Å². The molecule has 1 saturated carbocycles. The van der Waals surface area contributed by atoms with Crippen LogP contribution in [0.3, 0.4) is 0 Å². The van der Waals surface area contributed by atoms with Crippen LogP contribution in [0.15, 0.2) is 6.20 Å². The molecule has 0 spiro atoms. The monoisotopic (exact) mass is 435 g/mol. The summed E-state index contributed by atoms with van der Waals surface area (Å²) in [4.78, 5) is 8.86. The first-order valence-corrected chi connectivity index (χ1v) is 10.5. The highest BCUT2D eigenvalue weighted by Crippen LogP contribution is 2.37. The summed E-state index contributed by atoms with van der Waals surface area (Å²) < 4.78 is 29.3. The predicted octanol–water partition coefficient (Wildman–Crippen LogP) is 3.59. The van der Waals surface area contributed by atoms with Crippen molar-refractivity contribution in [3.8, 4) is 5.88 Å². The Bertz CT molecular complexity index is 1080. The molecule has 5 rings (SSSR count). The Morgan fingerprint density at radius 1 is 1.27 bits per heavy atom. The summed E-state index contributed by atoms with van der Waals surface area (Å²) in [6.07, 6.45) is 4.49. The van der Waals surface area contributed by atoms with Gasteiger partial charge < -0.3 is 14.8 Å². The first-order valence-electron chi connectivity index (χ1n) is 10.1. The highest BCUT2D eigenvalue weighted by molar-refractivity contribution is 6.34. The molecule has 2 aliphatic rings. The number of ether oxygens (including phenoxy) is 2. The fourth-order valence-electron chi connectivity index (χ4n) is 4.25. The maximum atomic E-state index is 14.7. The summed E-state index contributed by atoms with van der Waals surface area (Å²) in [5, 5.41) is 12.9. The number of anilines is 2. The molecule has 0 amide bonds. The van der Waals surface area contributed by atoms with Crippen molar-refractivity contribution in [2.24, 2.45) is 0 Å². The van der Waals surface area contributed by atoms with Gasteiger partial charge in [-0.1, -0.05) is 11.6 Å². The van der Waals surface area contributed by atoms with Gasteiger partial charge in [-0.15, -0.1) is 5.10 Å². The topological polar surface area (TPSA) is 91.9 Å². The average Bonchev–Trinajstić information content (AvgIpc) is 3.22. The van der Waals surface area contributed by atoms with Gasteiger partial charge in [0, 0.05) is 13.3 Å². The van der Waals surface area contributed by atoms with Crippen LogP contribution in [0, 0.1) is 6.92 Å². The number of methoxy groups -OCH3 is 1. The molecule has 2 bridgehead atoms. The van der Waals surface area contributed by atoms with E-state index in [-0.39, 0.29) is 24.3 Å². The number of nitrogens with one attached hydrogen (secondary N) is 1. The van der Waals surface area contributed by atoms with Crippen LogP contribution in [0.1, 0.15) is 37.4 Å². The minimum Gasteiger partial charge on any atom is -0.472 e. The molecular weight excluding hydrogens is 413 g/mol. The Hall–Kier alpha value is -2.46. The van der Waals surface area contributed by atoms with Gasteiger partial charge in [-0.3, -0.25) is 4.68 Å². The fraction of sp³-hybridized carbons (Fsp3) is 0.579. The Balaban J connectivity index is 1.53. The van der Waals surface area contributed by atoms with Crippen LogP contribution in [-0.4, -0.2) is 55.5 Å². The first kappa shape index (κ1) is 19.5. The number of hydrogen-bond acceptors (Lipinski definition) is 7. The Morgan fingerprint density at radius 3 is 2.83 bits per heavy atom. The highest BCUT2D eigenvalue weighted by Gasteiger charge is 2.28. The van der Waals surface area contributed by atoms with Gasteiger partial charge in [0.25, 0.3) is 5.88 Å². The number of alkyl halides is 1. The molecule has 1 aliphatic carbocycles. The van der Waals surface area contributed by atoms with Crippen molar-refractivity contribution in [1.82, 2.24) is 29.5 Å². The van der Waals surface area contributed by atoms with E-state index in [1.165, 1.54) is 4.68 Å². The Morgan fingerprint density at radius 2 is 2.07 bits per heavy atom. The zero-order valence-electron chi connectivity index (χ0n) is 16.8. The molecule has 3 aromatic heterocycles. The third-order valence-corrected chi connectivity index (χ3v) is 6.17. The van der Waals surface area contributed by atoms with Crippen molar-refractivity contribution in [2.45, 2.75) is 57.5 Å². The van der Waals surface area contributed by atoms with E-state index in [0.29, 0.717) is 34.7 Å². The van der Waals surface area contributed by atoms with Crippen LogP contribution < -0.4 is 10.1 Å². The average molecular weight is 436 g/mol. The van der Waals surface area contributed by atoms with E-state index in [9.17, 15) is 4.39 Å². The van der Waals surface area contributed by atoms with Crippen LogP contribution in [-0.2, 0) is 11.3 Å². The Labute approximate surface area is 177 Å². The number of rotatable bonds is 2. The summed E-state index contributed by atoms with van der Waals surface area (Å²) in [5.41, 5.74) is 2.02. The second-order valence-corrected chi connectivity index (χ2v) is 8.17. The third-order valence-electron chi connectivity index (χ3n) is 5.89. The van der Waals surface area contributed by atoms with Crippen molar-refractivity contribution in [3.63, 3.8) is 0 Å². The minimum absolute atomic E-state index is 0.0181. The van der Waals surface area contributed by atoms with Crippen LogP contribution in [0.25, 0.3) is 11.0 Å². The SMILES string of the molecule is COC1CCC(n2nc3c(c2C)Nc2ncc4c(Cl)nn(c4n2)C[C@@H](F)CO3)CC1. The van der Waals surface area contributed by atoms with Crippen molar-refractivity contribution in [1.29, 1.82) is 0 Å². The van der Waals surface area contributed by atoms with Crippen molar-refractivity contribution in [3.05, 3.63) is 17.0 Å². The second-order valence-electron chi connectivity index (χ2n) is 7.81. The quantitative estimate of drug-likeness (QED) is 0.657. The van der Waals surface area contributed by atoms with E-state index in [1.54, 1.807) is 13.3 Å². The fourth-order valence-corrected chi connectivity index (χ4v) is 4.47. The lowest BCUT2D eigenvalue weighted by Gasteiger charge is -2.28. The summed E-state index contributed by atoms with van der Waals surface area (Å²) in [7, 11) is 1.76. The van der Waals surface area contributed by atoms with Gasteiger partial charge in [-0.05, 0) is 32.6 Å². The molecule has 1 fully saturated rings. The molecule has 0 unspecified atom stereocenters. The molecule has 1 N–H and O–H groups in total. The first-order chi connectivity index (χ1) is 14.5. The van der Waals surface area contributed by atoms with Crippen molar-refractivity contribution < 1.29 is 13.9 Å². The van der Waals surface area contributed by atoms with E-state index in [0.717, 1.165) is 31.4 Å². The van der Waals surface area contributed by atoms with Crippen molar-refractivity contribution >= 4 is 34.3 Å². The zero-order valence-corrected chi connectivity index (χ0v) is 17.6. The molecular formula is C19H23ClFN7O2. The predicted molar refractivity (Wildman–Crippen MR) is 109 cm³/mol. The van der Waals surface area contributed by atoms with E-state index in [2.05, 4.69) is 25.5 Å². The van der Waals surface area contributed by atoms with Crippen molar-refractivity contribution in [2.75, 3.05) is 19.0 Å². The van der Waals surface area contributed by atoms with Crippen LogP contribution in [0.5, 0.6) is 5.88 Å². The highest BCUT2D eigenvalue weighted by atomic mass is 35.5. The summed E-state index contributed by atoms with van der Waals surface area (Å²) in [6.45, 7) is 1.80. The summed E-state index contributed by atoms with van der Waals surface area (Å²) in [5.74, 6) is 0.707. The third kappa shape index (κ3) is 3.37. The molecule has 11 heteroatoms. The van der Waals surface area contributed by atoms with Gasteiger partial charge in [0.1, 0.15) is 12.3 Å². The number of aromatic nitrogens is 6. The lowest BCUT2D eigenvalue weighted by atomic mass is 9.93. The number of fused-ring (bicyclic) bond motifs is 2. The molecule has 160 valence electrons. The van der Waals surface area contributed by atoms with E-state index in [1.807, 2.05) is 11.6 Å². The smallest absolute Gasteiger partial charge is 0.257 e. The van der Waals surface area contributed by atoms with Crippen LogP contribution in [0.4, 0.5) is 16.0 Å². The maximum Gasteiger partial charge on any atom is 0.257 e. The second kappa shape index (κ2) is 7.66. The van der Waals surface area contributed by atoms with Gasteiger partial charge in [0.15, 0.2) is 17.0 Å². The van der Waals surface area contributed by atoms with Gasteiger partial charge in [0.05, 0.1) is 29.8 Å². The van der Waals surface area contributed by atoms with E-state index < -0.39 is 6.17 Å². The minimum atomic E-state index is -1.30. The normalized spacial score (nSPS) is 24.2. The van der Waals surface area contributed by atoms with Gasteiger partial charge in [0.2, 0.25) is 5.95 Å². The van der Waals surface area contributed by atoms with Gasteiger partial charge in [-0.2, -0.15) is 10.1 Å². The van der Waals surface area contributed by atoms with Gasteiger partial charge in [-0.25, -0.2) is 14.1 Å². The van der Waals surface area contributed by atoms with E-state index in [4.69, 9.17) is 21.1 Å². The summed E-state index contributed by atoms with van der Waals surface area (Å²) >= 11 is 6.16. The maximum absolute atomic E-state index is 14.7. The Kier molecular flexibility index (Phi) is 4.98. The van der Waals surface area contributed by atoms with Crippen LogP contribution >= 0.6 is 11.6 Å². The lowest BCUT2D eigenvalue weighted by molar-refractivity contribution is 0.0562. The number of hydrogen-bond donors (Lipinski definition) is 1. The molecule has 3 aromatic rings. The van der Waals surface area contributed by atoms with Gasteiger partial charge >= 0.3 is 0 Å². The number of nitrogens with zero attached hydrogens (tertiary/aromatic N) is 6. The molecule has 0 saturated heterocycles. The molecule has 0 aromatic carbocycles. The lowest BCUT2D eigenvalue weighted by Crippen LogP contribution is -2.24. The molecule has 1 aliphatic heterocycles. The largest absolute Gasteiger partial charge is 0.472 e. The molecule has 30 heavy (non-hydrogen) atoms. The molecule has 1 atom stereocenters. The molecule has 0 radical (unpaired) electrons. The van der Waals surface area contributed by atoms with E-state index >= 15 is 0 Å². The number of halogens is 2. The summed E-state index contributed by atoms with van der Waals surface area (Å²) in [6, 6.07) is 0.243. The molecule has 4 heterocycles.